The van der Waals surface area contributed by atoms with Gasteiger partial charge >= 0.3 is 0 Å². The zero-order valence-corrected chi connectivity index (χ0v) is 13.1. The lowest BCUT2D eigenvalue weighted by Gasteiger charge is -2.19. The molecule has 0 radical (unpaired) electrons. The first-order valence-corrected chi connectivity index (χ1v) is 7.84. The van der Waals surface area contributed by atoms with Crippen molar-refractivity contribution in [3.8, 4) is 0 Å². The largest absolute Gasteiger partial charge is 0.123 e. The van der Waals surface area contributed by atoms with Crippen molar-refractivity contribution in [1.29, 1.82) is 0 Å². The van der Waals surface area contributed by atoms with Crippen LogP contribution in [0.5, 0.6) is 0 Å². The molecule has 2 rings (SSSR count). The van der Waals surface area contributed by atoms with E-state index < -0.39 is 0 Å². The molecule has 2 aromatic rings. The van der Waals surface area contributed by atoms with Crippen LogP contribution in [-0.2, 0) is 0 Å². The van der Waals surface area contributed by atoms with Crippen LogP contribution in [0.15, 0.2) is 60.7 Å². The van der Waals surface area contributed by atoms with Crippen LogP contribution in [0.1, 0.15) is 49.7 Å². The highest BCUT2D eigenvalue weighted by molar-refractivity contribution is 6.20. The SMILES string of the molecule is CC(CC(Cl)CC(C)c1ccccc1)c1ccccc1. The lowest BCUT2D eigenvalue weighted by molar-refractivity contribution is 0.568. The Morgan fingerprint density at radius 1 is 0.700 bits per heavy atom. The molecule has 0 heterocycles. The van der Waals surface area contributed by atoms with Crippen molar-refractivity contribution < 1.29 is 0 Å². The minimum atomic E-state index is 0.223. The van der Waals surface area contributed by atoms with Crippen LogP contribution in [0.25, 0.3) is 0 Å². The molecule has 0 spiro atoms. The Hall–Kier alpha value is -1.27. The van der Waals surface area contributed by atoms with Crippen LogP contribution in [0.4, 0.5) is 0 Å². The van der Waals surface area contributed by atoms with E-state index in [1.807, 2.05) is 0 Å². The summed E-state index contributed by atoms with van der Waals surface area (Å²) in [5, 5.41) is 0.223. The zero-order chi connectivity index (χ0) is 14.4. The second kappa shape index (κ2) is 7.50. The van der Waals surface area contributed by atoms with Crippen LogP contribution < -0.4 is 0 Å². The lowest BCUT2D eigenvalue weighted by atomic mass is 9.90. The second-order valence-electron chi connectivity index (χ2n) is 5.69. The Morgan fingerprint density at radius 2 is 1.05 bits per heavy atom. The van der Waals surface area contributed by atoms with E-state index in [-0.39, 0.29) is 5.38 Å². The maximum atomic E-state index is 6.57. The summed E-state index contributed by atoms with van der Waals surface area (Å²) < 4.78 is 0. The molecule has 106 valence electrons. The summed E-state index contributed by atoms with van der Waals surface area (Å²) in [7, 11) is 0. The topological polar surface area (TPSA) is 0 Å². The van der Waals surface area contributed by atoms with Gasteiger partial charge in [0.1, 0.15) is 0 Å². The summed E-state index contributed by atoms with van der Waals surface area (Å²) in [5.74, 6) is 1.03. The molecule has 2 atom stereocenters. The molecule has 20 heavy (non-hydrogen) atoms. The first kappa shape index (κ1) is 15.1. The van der Waals surface area contributed by atoms with E-state index in [1.54, 1.807) is 0 Å². The van der Waals surface area contributed by atoms with Crippen LogP contribution in [0, 0.1) is 0 Å². The molecular weight excluding hydrogens is 264 g/mol. The van der Waals surface area contributed by atoms with E-state index in [1.165, 1.54) is 11.1 Å². The molecule has 0 fully saturated rings. The Kier molecular flexibility index (Phi) is 5.67. The molecule has 1 heteroatoms. The van der Waals surface area contributed by atoms with Gasteiger partial charge in [-0.2, -0.15) is 0 Å². The third-order valence-corrected chi connectivity index (χ3v) is 4.31. The minimum absolute atomic E-state index is 0.223. The average Bonchev–Trinajstić information content (AvgIpc) is 2.49. The Balaban J connectivity index is 1.88. The maximum absolute atomic E-state index is 6.57. The molecule has 0 aliphatic rings. The monoisotopic (exact) mass is 286 g/mol. The Morgan fingerprint density at radius 3 is 1.40 bits per heavy atom. The molecule has 0 N–H and O–H groups in total. The number of benzene rings is 2. The number of hydrogen-bond donors (Lipinski definition) is 0. The molecule has 0 amide bonds. The number of alkyl halides is 1. The maximum Gasteiger partial charge on any atom is 0.0347 e. The fraction of sp³-hybridized carbons (Fsp3) is 0.368. The van der Waals surface area contributed by atoms with E-state index in [2.05, 4.69) is 74.5 Å². The number of halogens is 1. The zero-order valence-electron chi connectivity index (χ0n) is 12.3. The fourth-order valence-corrected chi connectivity index (χ4v) is 3.23. The van der Waals surface area contributed by atoms with Crippen LogP contribution in [0.2, 0.25) is 0 Å². The first-order valence-electron chi connectivity index (χ1n) is 7.40. The van der Waals surface area contributed by atoms with Crippen molar-refractivity contribution >= 4 is 11.6 Å². The van der Waals surface area contributed by atoms with Crippen molar-refractivity contribution in [3.63, 3.8) is 0 Å². The van der Waals surface area contributed by atoms with E-state index in [4.69, 9.17) is 11.6 Å². The summed E-state index contributed by atoms with van der Waals surface area (Å²) in [6.07, 6.45) is 2.06. The summed E-state index contributed by atoms with van der Waals surface area (Å²) in [5.41, 5.74) is 2.76. The fourth-order valence-electron chi connectivity index (χ4n) is 2.70. The molecule has 0 bridgehead atoms. The molecule has 0 aliphatic heterocycles. The van der Waals surface area contributed by atoms with Crippen LogP contribution >= 0.6 is 11.6 Å². The van der Waals surface area contributed by atoms with Gasteiger partial charge in [0, 0.05) is 5.38 Å². The van der Waals surface area contributed by atoms with Gasteiger partial charge in [-0.1, -0.05) is 74.5 Å². The van der Waals surface area contributed by atoms with Crippen LogP contribution in [-0.4, -0.2) is 5.38 Å². The molecular formula is C19H23Cl. The highest BCUT2D eigenvalue weighted by Crippen LogP contribution is 2.29. The number of rotatable bonds is 6. The third-order valence-electron chi connectivity index (χ3n) is 3.96. The normalized spacial score (nSPS) is 15.6. The molecule has 0 aliphatic carbocycles. The van der Waals surface area contributed by atoms with Gasteiger partial charge < -0.3 is 0 Å². The third kappa shape index (κ3) is 4.38. The highest BCUT2D eigenvalue weighted by atomic mass is 35.5. The van der Waals surface area contributed by atoms with Gasteiger partial charge in [0.15, 0.2) is 0 Å². The van der Waals surface area contributed by atoms with Crippen molar-refractivity contribution in [3.05, 3.63) is 71.8 Å². The molecule has 2 unspecified atom stereocenters. The first-order chi connectivity index (χ1) is 9.66. The van der Waals surface area contributed by atoms with Gasteiger partial charge in [-0.15, -0.1) is 11.6 Å². The van der Waals surface area contributed by atoms with Gasteiger partial charge in [-0.05, 0) is 35.8 Å². The summed E-state index contributed by atoms with van der Waals surface area (Å²) in [4.78, 5) is 0. The molecule has 0 saturated heterocycles. The standard InChI is InChI=1S/C19H23Cl/c1-15(17-9-5-3-6-10-17)13-19(20)14-16(2)18-11-7-4-8-12-18/h3-12,15-16,19H,13-14H2,1-2H3. The van der Waals surface area contributed by atoms with E-state index in [9.17, 15) is 0 Å². The Labute approximate surface area is 127 Å². The van der Waals surface area contributed by atoms with Crippen LogP contribution in [0.3, 0.4) is 0 Å². The van der Waals surface area contributed by atoms with E-state index in [0.717, 1.165) is 12.8 Å². The Bertz CT molecular complexity index is 444. The van der Waals surface area contributed by atoms with Crippen molar-refractivity contribution in [2.45, 2.75) is 43.9 Å². The molecule has 0 saturated carbocycles. The lowest BCUT2D eigenvalue weighted by Crippen LogP contribution is -2.09. The second-order valence-corrected chi connectivity index (χ2v) is 6.31. The van der Waals surface area contributed by atoms with Gasteiger partial charge in [0.25, 0.3) is 0 Å². The van der Waals surface area contributed by atoms with E-state index in [0.29, 0.717) is 11.8 Å². The van der Waals surface area contributed by atoms with Gasteiger partial charge in [0.05, 0.1) is 0 Å². The molecule has 0 nitrogen and oxygen atoms in total. The minimum Gasteiger partial charge on any atom is -0.123 e. The quantitative estimate of drug-likeness (QED) is 0.573. The smallest absolute Gasteiger partial charge is 0.0347 e. The van der Waals surface area contributed by atoms with Crippen molar-refractivity contribution in [2.75, 3.05) is 0 Å². The van der Waals surface area contributed by atoms with Crippen molar-refractivity contribution in [2.24, 2.45) is 0 Å². The highest BCUT2D eigenvalue weighted by Gasteiger charge is 2.16. The predicted molar refractivity (Wildman–Crippen MR) is 88.6 cm³/mol. The molecule has 0 aromatic heterocycles. The molecule has 2 aromatic carbocycles. The average molecular weight is 287 g/mol. The van der Waals surface area contributed by atoms with Gasteiger partial charge in [0.2, 0.25) is 0 Å². The van der Waals surface area contributed by atoms with Crippen molar-refractivity contribution in [1.82, 2.24) is 0 Å². The van der Waals surface area contributed by atoms with E-state index >= 15 is 0 Å². The predicted octanol–water partition coefficient (Wildman–Crippen LogP) is 5.98. The van der Waals surface area contributed by atoms with Gasteiger partial charge in [-0.3, -0.25) is 0 Å². The number of hydrogen-bond acceptors (Lipinski definition) is 0. The van der Waals surface area contributed by atoms with Gasteiger partial charge in [-0.25, -0.2) is 0 Å². The summed E-state index contributed by atoms with van der Waals surface area (Å²) >= 11 is 6.57. The summed E-state index contributed by atoms with van der Waals surface area (Å²) in [6, 6.07) is 21.3. The summed E-state index contributed by atoms with van der Waals surface area (Å²) in [6.45, 7) is 4.52.